The average molecular weight is 431 g/mol. The van der Waals surface area contributed by atoms with Crippen LogP contribution in [0.25, 0.3) is 5.57 Å². The summed E-state index contributed by atoms with van der Waals surface area (Å²) in [5.74, 6) is -4.13. The molecule has 7 nitrogen and oxygen atoms in total. The monoisotopic (exact) mass is 430 g/mol. The highest BCUT2D eigenvalue weighted by molar-refractivity contribution is 5.83. The number of allylic oxidation sites excluding steroid dienone is 1. The zero-order valence-corrected chi connectivity index (χ0v) is 17.9. The smallest absolute Gasteiger partial charge is 0.260 e. The van der Waals surface area contributed by atoms with Gasteiger partial charge in [-0.3, -0.25) is 9.48 Å². The lowest BCUT2D eigenvalue weighted by Crippen LogP contribution is -2.36. The third-order valence-corrected chi connectivity index (χ3v) is 5.82. The zero-order chi connectivity index (χ0) is 22.0. The molecule has 0 unspecified atom stereocenters. The summed E-state index contributed by atoms with van der Waals surface area (Å²) in [6.45, 7) is 1.95. The third kappa shape index (κ3) is 5.26. The zero-order valence-electron chi connectivity index (χ0n) is 17.9. The number of carbonyl (C=O) groups excluding carboxylic acids is 1. The van der Waals surface area contributed by atoms with E-state index in [1.807, 2.05) is 26.2 Å². The lowest BCUT2D eigenvalue weighted by atomic mass is 10.00. The molecule has 1 saturated carbocycles. The SMILES string of the molecule is Cc1cnc(Nc2cnn(C)c2)nc1/C1=C/[C@H](NC(=O)[C@@H]2CC2(F)F)CCCCCC1. The molecular weight excluding hydrogens is 402 g/mol. The van der Waals surface area contributed by atoms with Crippen LogP contribution in [-0.4, -0.2) is 37.6 Å². The molecule has 1 fully saturated rings. The highest BCUT2D eigenvalue weighted by Crippen LogP contribution is 2.48. The summed E-state index contributed by atoms with van der Waals surface area (Å²) in [6, 6.07) is -0.277. The van der Waals surface area contributed by atoms with E-state index in [-0.39, 0.29) is 12.5 Å². The van der Waals surface area contributed by atoms with Gasteiger partial charge in [0.05, 0.1) is 17.6 Å². The summed E-state index contributed by atoms with van der Waals surface area (Å²) in [6.07, 6.45) is 12.6. The predicted octanol–water partition coefficient (Wildman–Crippen LogP) is 4.14. The summed E-state index contributed by atoms with van der Waals surface area (Å²) in [7, 11) is 1.83. The topological polar surface area (TPSA) is 84.7 Å². The molecule has 2 aromatic heterocycles. The van der Waals surface area contributed by atoms with Gasteiger partial charge in [-0.25, -0.2) is 18.7 Å². The lowest BCUT2D eigenvalue weighted by molar-refractivity contribution is -0.124. The number of rotatable bonds is 5. The van der Waals surface area contributed by atoms with Crippen LogP contribution in [-0.2, 0) is 11.8 Å². The number of alkyl halides is 2. The molecule has 0 aromatic carbocycles. The van der Waals surface area contributed by atoms with Gasteiger partial charge in [-0.15, -0.1) is 0 Å². The summed E-state index contributed by atoms with van der Waals surface area (Å²) in [5, 5.41) is 10.1. The Hall–Kier alpha value is -2.84. The maximum Gasteiger partial charge on any atom is 0.260 e. The van der Waals surface area contributed by atoms with Crippen LogP contribution in [0.15, 0.2) is 24.7 Å². The Balaban J connectivity index is 1.58. The molecule has 1 amide bonds. The van der Waals surface area contributed by atoms with Gasteiger partial charge in [-0.05, 0) is 37.3 Å². The van der Waals surface area contributed by atoms with Crippen molar-refractivity contribution in [1.82, 2.24) is 25.1 Å². The first-order valence-electron chi connectivity index (χ1n) is 10.8. The maximum absolute atomic E-state index is 13.3. The van der Waals surface area contributed by atoms with Crippen LogP contribution in [0.3, 0.4) is 0 Å². The van der Waals surface area contributed by atoms with Gasteiger partial charge < -0.3 is 10.6 Å². The first-order valence-corrected chi connectivity index (χ1v) is 10.8. The normalized spacial score (nSPS) is 24.8. The van der Waals surface area contributed by atoms with Crippen molar-refractivity contribution in [3.05, 3.63) is 35.9 Å². The van der Waals surface area contributed by atoms with Gasteiger partial charge in [0.2, 0.25) is 11.9 Å². The average Bonchev–Trinajstić information content (AvgIpc) is 3.14. The van der Waals surface area contributed by atoms with Crippen molar-refractivity contribution in [3.63, 3.8) is 0 Å². The van der Waals surface area contributed by atoms with E-state index in [0.29, 0.717) is 5.95 Å². The van der Waals surface area contributed by atoms with E-state index in [4.69, 9.17) is 4.98 Å². The second-order valence-electron chi connectivity index (χ2n) is 8.53. The molecule has 0 bridgehead atoms. The van der Waals surface area contributed by atoms with Crippen molar-refractivity contribution < 1.29 is 13.6 Å². The molecule has 166 valence electrons. The van der Waals surface area contributed by atoms with E-state index in [2.05, 4.69) is 20.7 Å². The van der Waals surface area contributed by atoms with Crippen LogP contribution in [0.5, 0.6) is 0 Å². The molecule has 2 atom stereocenters. The van der Waals surface area contributed by atoms with E-state index < -0.39 is 17.7 Å². The van der Waals surface area contributed by atoms with Crippen molar-refractivity contribution >= 4 is 23.1 Å². The lowest BCUT2D eigenvalue weighted by Gasteiger charge is -2.17. The third-order valence-electron chi connectivity index (χ3n) is 5.82. The second-order valence-corrected chi connectivity index (χ2v) is 8.53. The van der Waals surface area contributed by atoms with Gasteiger partial charge in [0.1, 0.15) is 5.92 Å². The highest BCUT2D eigenvalue weighted by atomic mass is 19.3. The molecule has 0 saturated heterocycles. The van der Waals surface area contributed by atoms with Gasteiger partial charge in [-0.1, -0.05) is 25.3 Å². The van der Waals surface area contributed by atoms with Crippen LogP contribution in [0.4, 0.5) is 20.4 Å². The van der Waals surface area contributed by atoms with Gasteiger partial charge in [0, 0.05) is 31.9 Å². The molecule has 0 spiro atoms. The summed E-state index contributed by atoms with van der Waals surface area (Å²) >= 11 is 0. The Morgan fingerprint density at radius 3 is 2.71 bits per heavy atom. The van der Waals surface area contributed by atoms with Crippen molar-refractivity contribution in [2.45, 2.75) is 63.8 Å². The number of hydrogen-bond donors (Lipinski definition) is 2. The van der Waals surface area contributed by atoms with E-state index in [1.165, 1.54) is 0 Å². The fourth-order valence-electron chi connectivity index (χ4n) is 3.98. The van der Waals surface area contributed by atoms with Crippen LogP contribution < -0.4 is 10.6 Å². The Labute approximate surface area is 180 Å². The number of hydrogen-bond acceptors (Lipinski definition) is 5. The number of anilines is 2. The molecule has 2 aliphatic carbocycles. The van der Waals surface area contributed by atoms with Crippen LogP contribution in [0, 0.1) is 12.8 Å². The summed E-state index contributed by atoms with van der Waals surface area (Å²) in [5.41, 5.74) is 3.56. The predicted molar refractivity (Wildman–Crippen MR) is 114 cm³/mol. The van der Waals surface area contributed by atoms with Crippen molar-refractivity contribution in [2.75, 3.05) is 5.32 Å². The first-order chi connectivity index (χ1) is 14.8. The number of amides is 1. The fourth-order valence-corrected chi connectivity index (χ4v) is 3.98. The van der Waals surface area contributed by atoms with E-state index in [1.54, 1.807) is 17.1 Å². The van der Waals surface area contributed by atoms with E-state index in [0.717, 1.165) is 61.0 Å². The summed E-state index contributed by atoms with van der Waals surface area (Å²) < 4.78 is 28.3. The molecule has 2 aliphatic rings. The van der Waals surface area contributed by atoms with Crippen LogP contribution in [0.2, 0.25) is 0 Å². The number of carbonyl (C=O) groups is 1. The minimum atomic E-state index is -2.86. The van der Waals surface area contributed by atoms with Crippen molar-refractivity contribution in [2.24, 2.45) is 13.0 Å². The minimum absolute atomic E-state index is 0.277. The number of aromatic nitrogens is 4. The van der Waals surface area contributed by atoms with Crippen LogP contribution >= 0.6 is 0 Å². The van der Waals surface area contributed by atoms with E-state index in [9.17, 15) is 13.6 Å². The molecule has 2 aromatic rings. The second kappa shape index (κ2) is 8.72. The Kier molecular flexibility index (Phi) is 6.02. The molecule has 0 aliphatic heterocycles. The fraction of sp³-hybridized carbons (Fsp3) is 0.545. The van der Waals surface area contributed by atoms with Crippen LogP contribution in [0.1, 0.15) is 56.2 Å². The Morgan fingerprint density at radius 2 is 2.00 bits per heavy atom. The van der Waals surface area contributed by atoms with Gasteiger partial charge in [0.25, 0.3) is 5.92 Å². The molecule has 2 heterocycles. The number of nitrogens with one attached hydrogen (secondary N) is 2. The maximum atomic E-state index is 13.3. The molecule has 0 radical (unpaired) electrons. The Morgan fingerprint density at radius 1 is 1.23 bits per heavy atom. The first kappa shape index (κ1) is 21.4. The van der Waals surface area contributed by atoms with Gasteiger partial charge >= 0.3 is 0 Å². The van der Waals surface area contributed by atoms with Crippen molar-refractivity contribution in [3.8, 4) is 0 Å². The molecular formula is C22H28F2N6O. The van der Waals surface area contributed by atoms with Gasteiger partial charge in [-0.2, -0.15) is 5.10 Å². The molecule has 2 N–H and O–H groups in total. The molecule has 9 heteroatoms. The quantitative estimate of drug-likeness (QED) is 0.745. The van der Waals surface area contributed by atoms with Crippen molar-refractivity contribution in [1.29, 1.82) is 0 Å². The molecule has 4 rings (SSSR count). The molecule has 31 heavy (non-hydrogen) atoms. The highest BCUT2D eigenvalue weighted by Gasteiger charge is 2.61. The number of halogens is 2. The van der Waals surface area contributed by atoms with Gasteiger partial charge in [0.15, 0.2) is 0 Å². The Bertz CT molecular complexity index is 986. The number of aryl methyl sites for hydroxylation is 2. The summed E-state index contributed by atoms with van der Waals surface area (Å²) in [4.78, 5) is 21.4. The van der Waals surface area contributed by atoms with E-state index >= 15 is 0 Å². The number of nitrogens with zero attached hydrogens (tertiary/aromatic N) is 4. The standard InChI is InChI=1S/C22H28F2N6O/c1-14-11-25-21(28-17-12-26-30(2)13-17)29-19(14)15-7-5-3-4-6-8-16(9-15)27-20(31)18-10-22(18,23)24/h9,11-13,16,18H,3-8,10H2,1-2H3,(H,27,31)(H,25,28,29)/b15-9+/t16-,18+/m1/s1. The minimum Gasteiger partial charge on any atom is -0.349 e. The largest absolute Gasteiger partial charge is 0.349 e.